The van der Waals surface area contributed by atoms with Crippen LogP contribution in [0.15, 0.2) is 44.2 Å². The maximum atomic E-state index is 9.43. The minimum atomic E-state index is 0.490. The number of halogens is 1. The third-order valence-corrected chi connectivity index (χ3v) is 5.78. The summed E-state index contributed by atoms with van der Waals surface area (Å²) in [4.78, 5) is 4.72. The largest absolute Gasteiger partial charge is 0.420 e. The van der Waals surface area contributed by atoms with Gasteiger partial charge in [0.1, 0.15) is 11.1 Å². The van der Waals surface area contributed by atoms with Crippen molar-refractivity contribution >= 4 is 27.7 Å². The van der Waals surface area contributed by atoms with Crippen LogP contribution < -0.4 is 0 Å². The molecule has 0 atom stereocenters. The number of aromatic nitrogens is 3. The van der Waals surface area contributed by atoms with Gasteiger partial charge in [-0.15, -0.1) is 10.2 Å². The lowest BCUT2D eigenvalue weighted by molar-refractivity contribution is 0.528. The summed E-state index contributed by atoms with van der Waals surface area (Å²) in [7, 11) is 0. The maximum absolute atomic E-state index is 9.43. The minimum Gasteiger partial charge on any atom is -0.420 e. The highest BCUT2D eigenvalue weighted by molar-refractivity contribution is 9.10. The molecule has 0 unspecified atom stereocenters. The molecule has 1 aliphatic carbocycles. The summed E-state index contributed by atoms with van der Waals surface area (Å²) in [6, 6.07) is 12.0. The standard InChI is InChI=1S/C19H15BrN4OS/c20-15-7-5-12(6-8-15)18-24-23-17(25-18)11-26-19-14(10-21)9-13-3-1-2-4-16(13)22-19/h5-9H,1-4,11H2. The van der Waals surface area contributed by atoms with Crippen LogP contribution in [0.25, 0.3) is 11.5 Å². The van der Waals surface area contributed by atoms with Crippen LogP contribution in [-0.2, 0) is 18.6 Å². The molecule has 0 amide bonds. The first-order valence-electron chi connectivity index (χ1n) is 8.37. The zero-order valence-corrected chi connectivity index (χ0v) is 16.3. The van der Waals surface area contributed by atoms with Gasteiger partial charge < -0.3 is 4.42 Å². The van der Waals surface area contributed by atoms with E-state index in [1.165, 1.54) is 23.7 Å². The van der Waals surface area contributed by atoms with Crippen LogP contribution in [0, 0.1) is 11.3 Å². The average Bonchev–Trinajstić information content (AvgIpc) is 3.15. The van der Waals surface area contributed by atoms with Crippen molar-refractivity contribution < 1.29 is 4.42 Å². The summed E-state index contributed by atoms with van der Waals surface area (Å²) in [5.41, 5.74) is 3.84. The van der Waals surface area contributed by atoms with E-state index >= 15 is 0 Å². The number of nitriles is 1. The Bertz CT molecular complexity index is 978. The Balaban J connectivity index is 1.51. The van der Waals surface area contributed by atoms with Crippen molar-refractivity contribution in [3.63, 3.8) is 0 Å². The minimum absolute atomic E-state index is 0.490. The van der Waals surface area contributed by atoms with Gasteiger partial charge in [-0.3, -0.25) is 0 Å². The van der Waals surface area contributed by atoms with Crippen LogP contribution in [-0.4, -0.2) is 15.2 Å². The van der Waals surface area contributed by atoms with E-state index in [0.29, 0.717) is 23.1 Å². The number of hydrogen-bond donors (Lipinski definition) is 0. The molecule has 0 aliphatic heterocycles. The van der Waals surface area contributed by atoms with Crippen molar-refractivity contribution in [1.29, 1.82) is 5.26 Å². The average molecular weight is 427 g/mol. The van der Waals surface area contributed by atoms with E-state index < -0.39 is 0 Å². The summed E-state index contributed by atoms with van der Waals surface area (Å²) >= 11 is 4.88. The third kappa shape index (κ3) is 3.67. The van der Waals surface area contributed by atoms with Gasteiger partial charge in [0, 0.05) is 15.7 Å². The Morgan fingerprint density at radius 1 is 1.15 bits per heavy atom. The van der Waals surface area contributed by atoms with Crippen LogP contribution in [0.5, 0.6) is 0 Å². The summed E-state index contributed by atoms with van der Waals surface area (Å²) in [5, 5.41) is 18.4. The zero-order valence-electron chi connectivity index (χ0n) is 13.9. The van der Waals surface area contributed by atoms with Crippen molar-refractivity contribution in [3.8, 4) is 17.5 Å². The summed E-state index contributed by atoms with van der Waals surface area (Å²) in [6.07, 6.45) is 4.34. The first kappa shape index (κ1) is 17.3. The number of fused-ring (bicyclic) bond motifs is 1. The number of benzene rings is 1. The smallest absolute Gasteiger partial charge is 0.247 e. The molecule has 130 valence electrons. The number of nitrogens with zero attached hydrogens (tertiary/aromatic N) is 4. The molecule has 2 aromatic heterocycles. The van der Waals surface area contributed by atoms with Crippen molar-refractivity contribution in [3.05, 3.63) is 57.5 Å². The summed E-state index contributed by atoms with van der Waals surface area (Å²) in [6.45, 7) is 0. The summed E-state index contributed by atoms with van der Waals surface area (Å²) in [5.74, 6) is 1.51. The Morgan fingerprint density at radius 3 is 2.77 bits per heavy atom. The second kappa shape index (κ2) is 7.60. The van der Waals surface area contributed by atoms with Crippen molar-refractivity contribution in [2.45, 2.75) is 36.5 Å². The molecule has 0 bridgehead atoms. The van der Waals surface area contributed by atoms with Gasteiger partial charge in [0.15, 0.2) is 0 Å². The van der Waals surface area contributed by atoms with Crippen LogP contribution in [0.1, 0.15) is 35.6 Å². The van der Waals surface area contributed by atoms with Gasteiger partial charge in [-0.2, -0.15) is 5.26 Å². The molecule has 0 N–H and O–H groups in total. The Morgan fingerprint density at radius 2 is 1.96 bits per heavy atom. The van der Waals surface area contributed by atoms with E-state index in [4.69, 9.17) is 9.40 Å². The highest BCUT2D eigenvalue weighted by Gasteiger charge is 2.16. The second-order valence-corrected chi connectivity index (χ2v) is 7.94. The van der Waals surface area contributed by atoms with Crippen molar-refractivity contribution in [2.75, 3.05) is 0 Å². The molecule has 0 spiro atoms. The van der Waals surface area contributed by atoms with E-state index in [2.05, 4.69) is 32.2 Å². The molecular weight excluding hydrogens is 412 g/mol. The molecule has 0 radical (unpaired) electrons. The fourth-order valence-corrected chi connectivity index (χ4v) is 4.03. The van der Waals surface area contributed by atoms with Gasteiger partial charge in [0.05, 0.1) is 11.3 Å². The number of hydrogen-bond acceptors (Lipinski definition) is 6. The Kier molecular flexibility index (Phi) is 5.05. The fraction of sp³-hybridized carbons (Fsp3) is 0.263. The zero-order chi connectivity index (χ0) is 17.9. The van der Waals surface area contributed by atoms with Gasteiger partial charge in [-0.25, -0.2) is 4.98 Å². The first-order chi connectivity index (χ1) is 12.7. The normalized spacial score (nSPS) is 13.2. The van der Waals surface area contributed by atoms with Crippen LogP contribution >= 0.6 is 27.7 Å². The highest BCUT2D eigenvalue weighted by Crippen LogP contribution is 2.30. The topological polar surface area (TPSA) is 75.6 Å². The predicted molar refractivity (Wildman–Crippen MR) is 103 cm³/mol. The molecule has 0 saturated heterocycles. The van der Waals surface area contributed by atoms with E-state index in [1.54, 1.807) is 0 Å². The third-order valence-electron chi connectivity index (χ3n) is 4.28. The monoisotopic (exact) mass is 426 g/mol. The Hall–Kier alpha value is -2.17. The molecule has 0 fully saturated rings. The molecule has 1 aliphatic rings. The van der Waals surface area contributed by atoms with E-state index in [-0.39, 0.29) is 0 Å². The van der Waals surface area contributed by atoms with E-state index in [9.17, 15) is 5.26 Å². The van der Waals surface area contributed by atoms with Crippen LogP contribution in [0.4, 0.5) is 0 Å². The number of pyridine rings is 1. The lowest BCUT2D eigenvalue weighted by Crippen LogP contribution is -2.07. The quantitative estimate of drug-likeness (QED) is 0.550. The molecule has 7 heteroatoms. The number of aryl methyl sites for hydroxylation is 2. The lowest BCUT2D eigenvalue weighted by atomic mass is 9.95. The van der Waals surface area contributed by atoms with Crippen LogP contribution in [0.2, 0.25) is 0 Å². The van der Waals surface area contributed by atoms with E-state index in [1.807, 2.05) is 30.3 Å². The van der Waals surface area contributed by atoms with Crippen molar-refractivity contribution in [1.82, 2.24) is 15.2 Å². The molecule has 2 heterocycles. The van der Waals surface area contributed by atoms with Gasteiger partial charge >= 0.3 is 0 Å². The lowest BCUT2D eigenvalue weighted by Gasteiger charge is -2.16. The molecule has 4 rings (SSSR count). The number of thioether (sulfide) groups is 1. The molecular formula is C19H15BrN4OS. The molecule has 1 aromatic carbocycles. The molecule has 5 nitrogen and oxygen atoms in total. The maximum Gasteiger partial charge on any atom is 0.247 e. The molecule has 3 aromatic rings. The van der Waals surface area contributed by atoms with Gasteiger partial charge in [-0.05, 0) is 61.6 Å². The number of rotatable bonds is 4. The van der Waals surface area contributed by atoms with Crippen molar-refractivity contribution in [2.24, 2.45) is 0 Å². The highest BCUT2D eigenvalue weighted by atomic mass is 79.9. The fourth-order valence-electron chi connectivity index (χ4n) is 2.96. The first-order valence-corrected chi connectivity index (χ1v) is 10.1. The SMILES string of the molecule is N#Cc1cc2c(nc1SCc1nnc(-c3ccc(Br)cc3)o1)CCCC2. The second-order valence-electron chi connectivity index (χ2n) is 6.06. The predicted octanol–water partition coefficient (Wildman–Crippen LogP) is 4.94. The molecule has 0 saturated carbocycles. The van der Waals surface area contributed by atoms with Crippen LogP contribution in [0.3, 0.4) is 0 Å². The molecule has 26 heavy (non-hydrogen) atoms. The van der Waals surface area contributed by atoms with Gasteiger partial charge in [0.2, 0.25) is 11.8 Å². The van der Waals surface area contributed by atoms with E-state index in [0.717, 1.165) is 40.0 Å². The summed E-state index contributed by atoms with van der Waals surface area (Å²) < 4.78 is 6.75. The van der Waals surface area contributed by atoms with Gasteiger partial charge in [0.25, 0.3) is 0 Å². The Labute approximate surface area is 164 Å². The van der Waals surface area contributed by atoms with Gasteiger partial charge in [-0.1, -0.05) is 27.7 Å².